The molecule has 3 aromatic carbocycles. The molecule has 0 fully saturated rings. The van der Waals surface area contributed by atoms with Crippen LogP contribution in [0.5, 0.6) is 11.5 Å². The van der Waals surface area contributed by atoms with Crippen molar-refractivity contribution < 1.29 is 28.8 Å². The SMILES string of the molecule is CC(C(=O)O)N(Oc1ccc([N+](=O)[O-])cc1)[PH](=O)Oc1cccc2ccccc12. The van der Waals surface area contributed by atoms with Gasteiger partial charge in [-0.25, -0.2) is 0 Å². The maximum Gasteiger partial charge on any atom is 0.340 e. The molecular formula is C19H17N2O7P. The van der Waals surface area contributed by atoms with Crippen LogP contribution in [0.15, 0.2) is 66.7 Å². The highest BCUT2D eigenvalue weighted by Crippen LogP contribution is 2.37. The fourth-order valence-corrected chi connectivity index (χ4v) is 3.60. The fourth-order valence-electron chi connectivity index (χ4n) is 2.54. The molecule has 0 aliphatic carbocycles. The van der Waals surface area contributed by atoms with Crippen LogP contribution in [0.4, 0.5) is 5.69 Å². The number of carbonyl (C=O) groups is 1. The summed E-state index contributed by atoms with van der Waals surface area (Å²) in [4.78, 5) is 27.8. The first-order chi connectivity index (χ1) is 13.9. The number of fused-ring (bicyclic) bond motifs is 1. The Bertz CT molecular complexity index is 1070. The van der Waals surface area contributed by atoms with Gasteiger partial charge in [-0.1, -0.05) is 36.4 Å². The van der Waals surface area contributed by atoms with E-state index in [-0.39, 0.29) is 11.4 Å². The van der Waals surface area contributed by atoms with E-state index in [2.05, 4.69) is 0 Å². The molecule has 9 nitrogen and oxygen atoms in total. The summed E-state index contributed by atoms with van der Waals surface area (Å²) >= 11 is 0. The van der Waals surface area contributed by atoms with Gasteiger partial charge in [-0.15, -0.1) is 0 Å². The van der Waals surface area contributed by atoms with E-state index < -0.39 is 25.1 Å². The third-order valence-electron chi connectivity index (χ3n) is 4.09. The summed E-state index contributed by atoms with van der Waals surface area (Å²) in [7, 11) is -3.19. The molecule has 2 unspecified atom stereocenters. The van der Waals surface area contributed by atoms with Crippen LogP contribution in [-0.4, -0.2) is 26.9 Å². The molecule has 29 heavy (non-hydrogen) atoms. The van der Waals surface area contributed by atoms with Crippen molar-refractivity contribution in [2.45, 2.75) is 13.0 Å². The van der Waals surface area contributed by atoms with Gasteiger partial charge in [0.2, 0.25) is 0 Å². The van der Waals surface area contributed by atoms with Crippen LogP contribution >= 0.6 is 8.18 Å². The van der Waals surface area contributed by atoms with Gasteiger partial charge in [-0.05, 0) is 35.3 Å². The molecule has 3 aromatic rings. The first-order valence-electron chi connectivity index (χ1n) is 8.51. The Morgan fingerprint density at radius 2 is 1.76 bits per heavy atom. The lowest BCUT2D eigenvalue weighted by Gasteiger charge is -2.25. The van der Waals surface area contributed by atoms with Crippen molar-refractivity contribution >= 4 is 30.6 Å². The fraction of sp³-hybridized carbons (Fsp3) is 0.105. The molecule has 0 heterocycles. The highest BCUT2D eigenvalue weighted by molar-refractivity contribution is 7.36. The van der Waals surface area contributed by atoms with E-state index in [1.54, 1.807) is 24.3 Å². The number of hydrogen-bond donors (Lipinski definition) is 1. The maximum absolute atomic E-state index is 12.9. The van der Waals surface area contributed by atoms with E-state index in [1.165, 1.54) is 31.2 Å². The van der Waals surface area contributed by atoms with Crippen molar-refractivity contribution in [2.75, 3.05) is 0 Å². The second-order valence-electron chi connectivity index (χ2n) is 6.03. The van der Waals surface area contributed by atoms with Crippen LogP contribution in [0, 0.1) is 10.1 Å². The summed E-state index contributed by atoms with van der Waals surface area (Å²) in [5.74, 6) is -0.864. The van der Waals surface area contributed by atoms with Crippen LogP contribution in [0.2, 0.25) is 0 Å². The molecule has 0 saturated carbocycles. The van der Waals surface area contributed by atoms with Crippen molar-refractivity contribution in [2.24, 2.45) is 0 Å². The Labute approximate surface area is 166 Å². The minimum atomic E-state index is -3.19. The molecule has 150 valence electrons. The zero-order valence-corrected chi connectivity index (χ0v) is 16.2. The van der Waals surface area contributed by atoms with Crippen molar-refractivity contribution in [3.63, 3.8) is 0 Å². The number of nitrogens with zero attached hydrogens (tertiary/aromatic N) is 2. The predicted molar refractivity (Wildman–Crippen MR) is 106 cm³/mol. The third kappa shape index (κ3) is 4.71. The standard InChI is InChI=1S/C19H17N2O7P/c1-13(19(22)23)21(27-16-11-9-15(10-12-16)20(24)25)29(26)28-18-8-4-6-14-5-2-3-7-17(14)18/h2-13,29H,1H3,(H,22,23). The van der Waals surface area contributed by atoms with E-state index in [0.29, 0.717) is 11.1 Å². The number of hydrogen-bond acceptors (Lipinski definition) is 6. The van der Waals surface area contributed by atoms with Gasteiger partial charge in [0.25, 0.3) is 5.69 Å². The van der Waals surface area contributed by atoms with E-state index >= 15 is 0 Å². The Hall–Kier alpha value is -3.42. The van der Waals surface area contributed by atoms with Crippen molar-refractivity contribution in [1.82, 2.24) is 4.83 Å². The van der Waals surface area contributed by atoms with Gasteiger partial charge in [0.05, 0.1) is 4.92 Å². The maximum atomic E-state index is 12.9. The zero-order chi connectivity index (χ0) is 21.0. The Kier molecular flexibility index (Phi) is 6.11. The Balaban J connectivity index is 1.86. The number of nitro groups is 1. The molecular weight excluding hydrogens is 399 g/mol. The first kappa shape index (κ1) is 20.3. The molecule has 0 aliphatic heterocycles. The number of carboxylic acids is 1. The number of carboxylic acid groups (broad SMARTS) is 1. The Morgan fingerprint density at radius 3 is 2.41 bits per heavy atom. The van der Waals surface area contributed by atoms with Crippen LogP contribution in [0.3, 0.4) is 0 Å². The highest BCUT2D eigenvalue weighted by atomic mass is 31.1. The lowest BCUT2D eigenvalue weighted by atomic mass is 10.1. The van der Waals surface area contributed by atoms with Gasteiger partial charge in [-0.2, -0.15) is 0 Å². The monoisotopic (exact) mass is 416 g/mol. The first-order valence-corrected chi connectivity index (χ1v) is 9.77. The predicted octanol–water partition coefficient (Wildman–Crippen LogP) is 4.29. The summed E-state index contributed by atoms with van der Waals surface area (Å²) in [6, 6.07) is 16.2. The molecule has 0 spiro atoms. The molecule has 0 bridgehead atoms. The molecule has 0 radical (unpaired) electrons. The van der Waals surface area contributed by atoms with Crippen molar-refractivity contribution in [3.8, 4) is 11.5 Å². The molecule has 3 rings (SSSR count). The van der Waals surface area contributed by atoms with Gasteiger partial charge in [0.1, 0.15) is 11.5 Å². The minimum absolute atomic E-state index is 0.0866. The molecule has 0 aromatic heterocycles. The van der Waals surface area contributed by atoms with Crippen LogP contribution in [0.1, 0.15) is 6.92 Å². The summed E-state index contributed by atoms with van der Waals surface area (Å²) in [5.41, 5.74) is -0.158. The number of non-ortho nitro benzene ring substituents is 1. The van der Waals surface area contributed by atoms with Crippen LogP contribution < -0.4 is 9.36 Å². The Morgan fingerprint density at radius 1 is 1.10 bits per heavy atom. The van der Waals surface area contributed by atoms with Gasteiger partial charge in [0, 0.05) is 17.5 Å². The molecule has 0 amide bonds. The van der Waals surface area contributed by atoms with E-state index in [4.69, 9.17) is 9.36 Å². The topological polar surface area (TPSA) is 119 Å². The van der Waals surface area contributed by atoms with Gasteiger partial charge in [0.15, 0.2) is 6.04 Å². The number of rotatable bonds is 8. The van der Waals surface area contributed by atoms with E-state index in [1.807, 2.05) is 18.2 Å². The summed E-state index contributed by atoms with van der Waals surface area (Å²) in [6.07, 6.45) is 0. The molecule has 0 aliphatic rings. The van der Waals surface area contributed by atoms with Crippen molar-refractivity contribution in [1.29, 1.82) is 0 Å². The second-order valence-corrected chi connectivity index (χ2v) is 7.20. The second kappa shape index (κ2) is 8.72. The minimum Gasteiger partial charge on any atom is -0.480 e. The normalized spacial score (nSPS) is 13.0. The number of benzene rings is 3. The largest absolute Gasteiger partial charge is 0.480 e. The molecule has 1 N–H and O–H groups in total. The van der Waals surface area contributed by atoms with E-state index in [0.717, 1.165) is 10.2 Å². The quantitative estimate of drug-likeness (QED) is 0.328. The number of aliphatic carboxylic acids is 1. The van der Waals surface area contributed by atoms with Gasteiger partial charge < -0.3 is 14.5 Å². The van der Waals surface area contributed by atoms with Crippen LogP contribution in [0.25, 0.3) is 10.8 Å². The van der Waals surface area contributed by atoms with E-state index in [9.17, 15) is 24.6 Å². The number of nitro benzene ring substituents is 1. The van der Waals surface area contributed by atoms with Crippen LogP contribution in [-0.2, 0) is 9.36 Å². The zero-order valence-electron chi connectivity index (χ0n) is 15.2. The molecule has 0 saturated heterocycles. The lowest BCUT2D eigenvalue weighted by molar-refractivity contribution is -0.384. The summed E-state index contributed by atoms with van der Waals surface area (Å²) < 4.78 is 18.4. The average Bonchev–Trinajstić information content (AvgIpc) is 2.72. The molecule has 10 heteroatoms. The van der Waals surface area contributed by atoms with Gasteiger partial charge >= 0.3 is 14.1 Å². The highest BCUT2D eigenvalue weighted by Gasteiger charge is 2.30. The van der Waals surface area contributed by atoms with Crippen molar-refractivity contribution in [3.05, 3.63) is 76.8 Å². The molecule has 2 atom stereocenters. The number of hydroxylamine groups is 1. The third-order valence-corrected chi connectivity index (χ3v) is 5.32. The summed E-state index contributed by atoms with van der Waals surface area (Å²) in [6.45, 7) is 1.29. The lowest BCUT2D eigenvalue weighted by Crippen LogP contribution is -2.37. The summed E-state index contributed by atoms with van der Waals surface area (Å²) in [5, 5.41) is 21.7. The average molecular weight is 416 g/mol. The van der Waals surface area contributed by atoms with Gasteiger partial charge in [-0.3, -0.25) is 19.5 Å². The smallest absolute Gasteiger partial charge is 0.340 e.